The predicted molar refractivity (Wildman–Crippen MR) is 75.9 cm³/mol. The topological polar surface area (TPSA) is 78.7 Å². The Kier molecular flexibility index (Phi) is 5.31. The highest BCUT2D eigenvalue weighted by molar-refractivity contribution is 5.87. The number of hydrogen-bond acceptors (Lipinski definition) is 5. The summed E-state index contributed by atoms with van der Waals surface area (Å²) >= 11 is 0. The average molecular weight is 291 g/mol. The zero-order valence-electron chi connectivity index (χ0n) is 11.6. The number of allylic oxidation sites excluding steroid dienone is 1. The van der Waals surface area contributed by atoms with Gasteiger partial charge in [0.1, 0.15) is 0 Å². The number of benzene rings is 1. The molecule has 0 saturated carbocycles. The van der Waals surface area contributed by atoms with Crippen molar-refractivity contribution in [1.29, 1.82) is 0 Å². The van der Waals surface area contributed by atoms with Gasteiger partial charge in [0.2, 0.25) is 0 Å². The van der Waals surface area contributed by atoms with E-state index in [1.54, 1.807) is 0 Å². The lowest BCUT2D eigenvalue weighted by Crippen LogP contribution is -2.08. The molecule has 0 heterocycles. The molecular formula is C15H17NO5. The molecule has 112 valence electrons. The monoisotopic (exact) mass is 291 g/mol. The van der Waals surface area contributed by atoms with Gasteiger partial charge in [0.15, 0.2) is 0 Å². The van der Waals surface area contributed by atoms with E-state index in [9.17, 15) is 14.9 Å². The molecule has 0 unspecified atom stereocenters. The molecule has 6 heteroatoms. The second-order valence-electron chi connectivity index (χ2n) is 4.75. The van der Waals surface area contributed by atoms with Gasteiger partial charge in [-0.3, -0.25) is 4.79 Å². The number of unbranched alkanes of at least 4 members (excludes halogenated alkanes) is 1. The Bertz CT molecular complexity index is 553. The number of carbonyl (C=O) groups is 1. The summed E-state index contributed by atoms with van der Waals surface area (Å²) in [7, 11) is 0. The highest BCUT2D eigenvalue weighted by Gasteiger charge is 2.16. The summed E-state index contributed by atoms with van der Waals surface area (Å²) in [5, 5.41) is 9.10. The molecule has 1 aromatic carbocycles. The normalized spacial score (nSPS) is 12.5. The van der Waals surface area contributed by atoms with Crippen LogP contribution in [-0.2, 0) is 20.8 Å². The van der Waals surface area contributed by atoms with Crippen LogP contribution in [0.15, 0.2) is 30.3 Å². The summed E-state index contributed by atoms with van der Waals surface area (Å²) < 4.78 is 5.12. The first kappa shape index (κ1) is 15.0. The smallest absolute Gasteiger partial charge is 0.310 e. The van der Waals surface area contributed by atoms with Crippen molar-refractivity contribution >= 4 is 11.5 Å². The van der Waals surface area contributed by atoms with Crippen molar-refractivity contribution in [3.05, 3.63) is 51.6 Å². The molecule has 0 aromatic heterocycles. The van der Waals surface area contributed by atoms with Gasteiger partial charge >= 0.3 is 5.97 Å². The number of hydrogen-bond donors (Lipinski definition) is 0. The predicted octanol–water partition coefficient (Wildman–Crippen LogP) is 2.55. The highest BCUT2D eigenvalue weighted by Crippen LogP contribution is 2.29. The molecule has 0 amide bonds. The van der Waals surface area contributed by atoms with E-state index in [2.05, 4.69) is 17.0 Å². The van der Waals surface area contributed by atoms with Crippen molar-refractivity contribution in [2.45, 2.75) is 25.7 Å². The van der Waals surface area contributed by atoms with Crippen molar-refractivity contribution in [2.75, 3.05) is 13.2 Å². The number of ether oxygens (including phenoxy) is 1. The van der Waals surface area contributed by atoms with E-state index in [0.717, 1.165) is 17.6 Å². The second kappa shape index (κ2) is 7.42. The van der Waals surface area contributed by atoms with Gasteiger partial charge < -0.3 is 9.57 Å². The lowest BCUT2D eigenvalue weighted by molar-refractivity contribution is -0.757. The number of nitrogens with zero attached hydrogens (tertiary/aromatic N) is 1. The minimum Gasteiger partial charge on any atom is -0.465 e. The molecule has 0 N–H and O–H groups in total. The summed E-state index contributed by atoms with van der Waals surface area (Å²) in [6, 6.07) is 8.01. The molecule has 0 fully saturated rings. The molecule has 0 saturated heterocycles. The quantitative estimate of drug-likeness (QED) is 0.318. The minimum atomic E-state index is -0.823. The third kappa shape index (κ3) is 4.59. The molecule has 0 atom stereocenters. The van der Waals surface area contributed by atoms with E-state index in [1.165, 1.54) is 5.56 Å². The number of esters is 1. The average Bonchev–Trinajstić information content (AvgIpc) is 2.86. The van der Waals surface area contributed by atoms with E-state index < -0.39 is 5.09 Å². The third-order valence-corrected chi connectivity index (χ3v) is 3.26. The van der Waals surface area contributed by atoms with Gasteiger partial charge in [-0.05, 0) is 36.0 Å². The Morgan fingerprint density at radius 2 is 2.00 bits per heavy atom. The SMILES string of the molecule is O=C(CC1=CCc2ccccc21)OCCCCO[N+](=O)[O-]. The number of carbonyl (C=O) groups excluding carboxylic acids is 1. The van der Waals surface area contributed by atoms with Gasteiger partial charge in [-0.15, -0.1) is 10.1 Å². The molecule has 0 aliphatic heterocycles. The Morgan fingerprint density at radius 1 is 1.24 bits per heavy atom. The van der Waals surface area contributed by atoms with Crippen molar-refractivity contribution in [3.63, 3.8) is 0 Å². The summed E-state index contributed by atoms with van der Waals surface area (Å²) in [6.07, 6.45) is 4.21. The van der Waals surface area contributed by atoms with E-state index in [0.29, 0.717) is 12.8 Å². The third-order valence-electron chi connectivity index (χ3n) is 3.26. The van der Waals surface area contributed by atoms with Crippen LogP contribution in [0.4, 0.5) is 0 Å². The largest absolute Gasteiger partial charge is 0.465 e. The van der Waals surface area contributed by atoms with Crippen molar-refractivity contribution in [3.8, 4) is 0 Å². The van der Waals surface area contributed by atoms with Gasteiger partial charge in [0.05, 0.1) is 19.6 Å². The van der Waals surface area contributed by atoms with Crippen LogP contribution in [0.1, 0.15) is 30.4 Å². The molecule has 1 aliphatic rings. The van der Waals surface area contributed by atoms with E-state index in [4.69, 9.17) is 4.74 Å². The summed E-state index contributed by atoms with van der Waals surface area (Å²) in [5.74, 6) is -0.270. The maximum absolute atomic E-state index is 11.7. The zero-order valence-corrected chi connectivity index (χ0v) is 11.6. The van der Waals surface area contributed by atoms with Crippen LogP contribution in [0.25, 0.3) is 5.57 Å². The van der Waals surface area contributed by atoms with E-state index in [-0.39, 0.29) is 25.6 Å². The summed E-state index contributed by atoms with van der Waals surface area (Å²) in [5.41, 5.74) is 3.36. The van der Waals surface area contributed by atoms with Crippen LogP contribution in [0.5, 0.6) is 0 Å². The molecule has 0 spiro atoms. The fourth-order valence-corrected chi connectivity index (χ4v) is 2.26. The van der Waals surface area contributed by atoms with Gasteiger partial charge in [-0.25, -0.2) is 0 Å². The van der Waals surface area contributed by atoms with Crippen LogP contribution in [0.3, 0.4) is 0 Å². The van der Waals surface area contributed by atoms with E-state index >= 15 is 0 Å². The maximum atomic E-state index is 11.7. The molecule has 1 aliphatic carbocycles. The molecule has 21 heavy (non-hydrogen) atoms. The molecule has 6 nitrogen and oxygen atoms in total. The molecule has 0 radical (unpaired) electrons. The molecule has 0 bridgehead atoms. The van der Waals surface area contributed by atoms with Crippen molar-refractivity contribution in [2.24, 2.45) is 0 Å². The van der Waals surface area contributed by atoms with Crippen LogP contribution < -0.4 is 0 Å². The fourth-order valence-electron chi connectivity index (χ4n) is 2.26. The first-order chi connectivity index (χ1) is 10.2. The number of rotatable bonds is 8. The van der Waals surface area contributed by atoms with Crippen LogP contribution >= 0.6 is 0 Å². The van der Waals surface area contributed by atoms with Gasteiger partial charge in [-0.1, -0.05) is 30.3 Å². The summed E-state index contributed by atoms with van der Waals surface area (Å²) in [6.45, 7) is 0.290. The van der Waals surface area contributed by atoms with Crippen molar-refractivity contribution in [1.82, 2.24) is 0 Å². The van der Waals surface area contributed by atoms with Gasteiger partial charge in [0, 0.05) is 0 Å². The molecule has 1 aromatic rings. The molecular weight excluding hydrogens is 274 g/mol. The fraction of sp³-hybridized carbons (Fsp3) is 0.400. The maximum Gasteiger partial charge on any atom is 0.310 e. The Hall–Kier alpha value is -2.37. The highest BCUT2D eigenvalue weighted by atomic mass is 16.9. The Balaban J connectivity index is 1.66. The van der Waals surface area contributed by atoms with Crippen LogP contribution in [0.2, 0.25) is 0 Å². The van der Waals surface area contributed by atoms with Gasteiger partial charge in [-0.2, -0.15) is 0 Å². The lowest BCUT2D eigenvalue weighted by Gasteiger charge is -2.07. The standard InChI is InChI=1S/C15H17NO5/c17-15(20-9-3-4-10-21-16(18)19)11-13-8-7-12-5-1-2-6-14(12)13/h1-2,5-6,8H,3-4,7,9-11H2. The Morgan fingerprint density at radius 3 is 2.81 bits per heavy atom. The van der Waals surface area contributed by atoms with Crippen LogP contribution in [0, 0.1) is 10.1 Å². The Labute approximate surface area is 122 Å². The minimum absolute atomic E-state index is 0.0308. The van der Waals surface area contributed by atoms with Gasteiger partial charge in [0.25, 0.3) is 5.09 Å². The first-order valence-electron chi connectivity index (χ1n) is 6.87. The van der Waals surface area contributed by atoms with Crippen LogP contribution in [-0.4, -0.2) is 24.3 Å². The van der Waals surface area contributed by atoms with E-state index in [1.807, 2.05) is 18.2 Å². The first-order valence-corrected chi connectivity index (χ1v) is 6.87. The zero-order chi connectivity index (χ0) is 15.1. The lowest BCUT2D eigenvalue weighted by atomic mass is 10.0. The second-order valence-corrected chi connectivity index (χ2v) is 4.75. The van der Waals surface area contributed by atoms with Crippen molar-refractivity contribution < 1.29 is 19.5 Å². The summed E-state index contributed by atoms with van der Waals surface area (Å²) in [4.78, 5) is 25.8. The molecule has 2 rings (SSSR count). The number of fused-ring (bicyclic) bond motifs is 1.